The third kappa shape index (κ3) is 8.94. The van der Waals surface area contributed by atoms with Gasteiger partial charge >= 0.3 is 0 Å². The second-order valence-corrected chi connectivity index (χ2v) is 4.60. The summed E-state index contributed by atoms with van der Waals surface area (Å²) in [5, 5.41) is 2.92. The van der Waals surface area contributed by atoms with E-state index in [-0.39, 0.29) is 36.8 Å². The number of likely N-dealkylation sites (N-methyl/N-ethyl adjacent to an activating group) is 1. The zero-order valence-corrected chi connectivity index (χ0v) is 14.4. The fourth-order valence-electron chi connectivity index (χ4n) is 1.98. The third-order valence-corrected chi connectivity index (χ3v) is 3.28. The average Bonchev–Trinajstić information content (AvgIpc) is 2.44. The summed E-state index contributed by atoms with van der Waals surface area (Å²) in [5.74, 6) is 0.0171. The SMILES string of the molecule is CCN(CC)CCNC(=O)CC(N)c1ccccc1.Cl.Cl. The average molecular weight is 336 g/mol. The van der Waals surface area contributed by atoms with E-state index in [1.165, 1.54) is 0 Å². The minimum absolute atomic E-state index is 0. The van der Waals surface area contributed by atoms with E-state index in [4.69, 9.17) is 5.73 Å². The lowest BCUT2D eigenvalue weighted by Gasteiger charge is -2.18. The molecule has 1 aromatic rings. The Labute approximate surface area is 140 Å². The molecule has 1 unspecified atom stereocenters. The first-order chi connectivity index (χ1) is 9.17. The molecule has 1 atom stereocenters. The molecule has 0 fully saturated rings. The van der Waals surface area contributed by atoms with Crippen molar-refractivity contribution >= 4 is 30.7 Å². The molecule has 1 amide bonds. The van der Waals surface area contributed by atoms with Crippen molar-refractivity contribution in [3.05, 3.63) is 35.9 Å². The highest BCUT2D eigenvalue weighted by Gasteiger charge is 2.11. The molecule has 21 heavy (non-hydrogen) atoms. The maximum absolute atomic E-state index is 11.8. The van der Waals surface area contributed by atoms with E-state index in [1.807, 2.05) is 30.3 Å². The molecule has 1 aromatic carbocycles. The highest BCUT2D eigenvalue weighted by molar-refractivity contribution is 5.85. The van der Waals surface area contributed by atoms with E-state index in [0.29, 0.717) is 13.0 Å². The molecule has 0 saturated carbocycles. The molecule has 0 saturated heterocycles. The smallest absolute Gasteiger partial charge is 0.221 e. The fourth-order valence-corrected chi connectivity index (χ4v) is 1.98. The Morgan fingerprint density at radius 2 is 1.76 bits per heavy atom. The predicted molar refractivity (Wildman–Crippen MR) is 93.3 cm³/mol. The molecule has 0 spiro atoms. The van der Waals surface area contributed by atoms with Crippen LogP contribution in [0.25, 0.3) is 0 Å². The van der Waals surface area contributed by atoms with Gasteiger partial charge in [-0.1, -0.05) is 44.2 Å². The van der Waals surface area contributed by atoms with Crippen molar-refractivity contribution in [2.75, 3.05) is 26.2 Å². The van der Waals surface area contributed by atoms with Crippen LogP contribution < -0.4 is 11.1 Å². The molecule has 122 valence electrons. The highest BCUT2D eigenvalue weighted by atomic mass is 35.5. The number of nitrogens with one attached hydrogen (secondary N) is 1. The van der Waals surface area contributed by atoms with Crippen molar-refractivity contribution in [2.45, 2.75) is 26.3 Å². The van der Waals surface area contributed by atoms with Gasteiger partial charge in [0.25, 0.3) is 0 Å². The van der Waals surface area contributed by atoms with Crippen LogP contribution in [0.2, 0.25) is 0 Å². The Morgan fingerprint density at radius 3 is 2.29 bits per heavy atom. The second kappa shape index (κ2) is 12.9. The summed E-state index contributed by atoms with van der Waals surface area (Å²) in [6.45, 7) is 7.83. The van der Waals surface area contributed by atoms with Gasteiger partial charge in [0, 0.05) is 25.6 Å². The van der Waals surface area contributed by atoms with Crippen molar-refractivity contribution in [3.63, 3.8) is 0 Å². The fraction of sp³-hybridized carbons (Fsp3) is 0.533. The Balaban J connectivity index is 0. The van der Waals surface area contributed by atoms with Gasteiger partial charge in [-0.2, -0.15) is 0 Å². The Bertz CT molecular complexity index is 372. The molecule has 0 aromatic heterocycles. The number of nitrogens with zero attached hydrogens (tertiary/aromatic N) is 1. The van der Waals surface area contributed by atoms with Gasteiger partial charge in [-0.25, -0.2) is 0 Å². The Hall–Kier alpha value is -0.810. The summed E-state index contributed by atoms with van der Waals surface area (Å²) < 4.78 is 0. The summed E-state index contributed by atoms with van der Waals surface area (Å²) in [6.07, 6.45) is 0.336. The van der Waals surface area contributed by atoms with Gasteiger partial charge in [-0.05, 0) is 18.7 Å². The first-order valence-electron chi connectivity index (χ1n) is 6.97. The molecule has 0 aliphatic rings. The van der Waals surface area contributed by atoms with Crippen molar-refractivity contribution in [1.82, 2.24) is 10.2 Å². The van der Waals surface area contributed by atoms with Crippen LogP contribution in [0.5, 0.6) is 0 Å². The quantitative estimate of drug-likeness (QED) is 0.766. The van der Waals surface area contributed by atoms with Crippen molar-refractivity contribution in [3.8, 4) is 0 Å². The van der Waals surface area contributed by atoms with Gasteiger partial charge in [0.05, 0.1) is 0 Å². The molecule has 4 nitrogen and oxygen atoms in total. The van der Waals surface area contributed by atoms with Crippen molar-refractivity contribution in [1.29, 1.82) is 0 Å². The van der Waals surface area contributed by atoms with E-state index in [0.717, 1.165) is 25.2 Å². The number of halogens is 2. The Kier molecular flexibility index (Phi) is 13.8. The standard InChI is InChI=1S/C15H25N3O.2ClH/c1-3-18(4-2)11-10-17-15(19)12-14(16)13-8-6-5-7-9-13;;/h5-9,14H,3-4,10-12,16H2,1-2H3,(H,17,19);2*1H. The van der Waals surface area contributed by atoms with Crippen LogP contribution in [-0.2, 0) is 4.79 Å². The molecular formula is C15H27Cl2N3O. The number of nitrogens with two attached hydrogens (primary N) is 1. The van der Waals surface area contributed by atoms with Gasteiger partial charge < -0.3 is 16.0 Å². The zero-order chi connectivity index (χ0) is 14.1. The van der Waals surface area contributed by atoms with E-state index >= 15 is 0 Å². The van der Waals surface area contributed by atoms with Crippen LogP contribution in [-0.4, -0.2) is 37.0 Å². The van der Waals surface area contributed by atoms with Crippen LogP contribution in [0, 0.1) is 0 Å². The highest BCUT2D eigenvalue weighted by Crippen LogP contribution is 2.12. The maximum atomic E-state index is 11.8. The monoisotopic (exact) mass is 335 g/mol. The molecule has 1 rings (SSSR count). The number of rotatable bonds is 8. The van der Waals surface area contributed by atoms with Crippen LogP contribution in [0.4, 0.5) is 0 Å². The minimum Gasteiger partial charge on any atom is -0.355 e. The first-order valence-corrected chi connectivity index (χ1v) is 6.97. The van der Waals surface area contributed by atoms with Crippen LogP contribution in [0.15, 0.2) is 30.3 Å². The number of carbonyl (C=O) groups is 1. The molecule has 0 aliphatic carbocycles. The van der Waals surface area contributed by atoms with Gasteiger partial charge in [-0.15, -0.1) is 24.8 Å². The summed E-state index contributed by atoms with van der Waals surface area (Å²) in [4.78, 5) is 14.1. The van der Waals surface area contributed by atoms with E-state index in [1.54, 1.807) is 0 Å². The summed E-state index contributed by atoms with van der Waals surface area (Å²) >= 11 is 0. The second-order valence-electron chi connectivity index (χ2n) is 4.60. The van der Waals surface area contributed by atoms with Crippen LogP contribution in [0.1, 0.15) is 31.9 Å². The summed E-state index contributed by atoms with van der Waals surface area (Å²) in [6, 6.07) is 9.50. The van der Waals surface area contributed by atoms with Gasteiger partial charge in [0.1, 0.15) is 0 Å². The third-order valence-electron chi connectivity index (χ3n) is 3.28. The number of benzene rings is 1. The van der Waals surface area contributed by atoms with Crippen LogP contribution >= 0.6 is 24.8 Å². The predicted octanol–water partition coefficient (Wildman–Crippen LogP) is 2.38. The number of hydrogen-bond acceptors (Lipinski definition) is 3. The van der Waals surface area contributed by atoms with Crippen LogP contribution in [0.3, 0.4) is 0 Å². The number of amides is 1. The molecule has 0 heterocycles. The van der Waals surface area contributed by atoms with Gasteiger partial charge in [0.2, 0.25) is 5.91 Å². The Morgan fingerprint density at radius 1 is 1.19 bits per heavy atom. The molecule has 6 heteroatoms. The number of carbonyl (C=O) groups excluding carboxylic acids is 1. The molecular weight excluding hydrogens is 309 g/mol. The normalized spacial score (nSPS) is 11.2. The molecule has 3 N–H and O–H groups in total. The van der Waals surface area contributed by atoms with Crippen molar-refractivity contribution in [2.24, 2.45) is 5.73 Å². The molecule has 0 radical (unpaired) electrons. The lowest BCUT2D eigenvalue weighted by molar-refractivity contribution is -0.121. The largest absolute Gasteiger partial charge is 0.355 e. The summed E-state index contributed by atoms with van der Waals surface area (Å²) in [7, 11) is 0. The van der Waals surface area contributed by atoms with Crippen molar-refractivity contribution < 1.29 is 4.79 Å². The topological polar surface area (TPSA) is 58.4 Å². The van der Waals surface area contributed by atoms with E-state index < -0.39 is 0 Å². The molecule has 0 aliphatic heterocycles. The zero-order valence-electron chi connectivity index (χ0n) is 12.7. The number of hydrogen-bond donors (Lipinski definition) is 2. The van der Waals surface area contributed by atoms with E-state index in [9.17, 15) is 4.79 Å². The first kappa shape index (κ1) is 22.5. The summed E-state index contributed by atoms with van der Waals surface area (Å²) in [5.41, 5.74) is 7.01. The lowest BCUT2D eigenvalue weighted by Crippen LogP contribution is -2.35. The van der Waals surface area contributed by atoms with E-state index in [2.05, 4.69) is 24.1 Å². The molecule has 0 bridgehead atoms. The van der Waals surface area contributed by atoms with Gasteiger partial charge in [-0.3, -0.25) is 4.79 Å². The van der Waals surface area contributed by atoms with Gasteiger partial charge in [0.15, 0.2) is 0 Å². The minimum atomic E-state index is -0.227. The lowest BCUT2D eigenvalue weighted by atomic mass is 10.0. The maximum Gasteiger partial charge on any atom is 0.221 e.